The highest BCUT2D eigenvalue weighted by molar-refractivity contribution is 6.63. The molecule has 1 unspecified atom stereocenters. The summed E-state index contributed by atoms with van der Waals surface area (Å²) in [5.41, 5.74) is 3.34. The number of rotatable bonds is 5. The van der Waals surface area contributed by atoms with E-state index in [1.54, 1.807) is 0 Å². The lowest BCUT2D eigenvalue weighted by molar-refractivity contribution is -0.136. The molecule has 0 saturated carbocycles. The lowest BCUT2D eigenvalue weighted by atomic mass is 10.1. The Labute approximate surface area is 152 Å². The van der Waals surface area contributed by atoms with E-state index in [-0.39, 0.29) is 17.5 Å². The van der Waals surface area contributed by atoms with Crippen molar-refractivity contribution in [3.05, 3.63) is 71.3 Å². The largest absolute Gasteiger partial charge is 0.277 e. The first-order valence-electron chi connectivity index (χ1n) is 8.20. The third kappa shape index (κ3) is 3.97. The average molecular weight is 355 g/mol. The number of alkyl halides is 1. The van der Waals surface area contributed by atoms with Crippen LogP contribution in [0.15, 0.2) is 59.6 Å². The van der Waals surface area contributed by atoms with Crippen LogP contribution in [0.4, 0.5) is 0 Å². The molecule has 0 aromatic heterocycles. The second-order valence-electron chi connectivity index (χ2n) is 6.08. The average Bonchev–Trinajstić information content (AvgIpc) is 2.83. The van der Waals surface area contributed by atoms with Gasteiger partial charge in [-0.2, -0.15) is 0 Å². The first-order chi connectivity index (χ1) is 12.1. The highest BCUT2D eigenvalue weighted by Gasteiger charge is 2.43. The normalized spacial score (nSPS) is 19.0. The van der Waals surface area contributed by atoms with Gasteiger partial charge < -0.3 is 0 Å². The van der Waals surface area contributed by atoms with Crippen LogP contribution in [0.5, 0.6) is 0 Å². The molecule has 1 atom stereocenters. The van der Waals surface area contributed by atoms with E-state index in [9.17, 15) is 9.59 Å². The summed E-state index contributed by atoms with van der Waals surface area (Å²) in [6.07, 6.45) is 0.604. The number of halogens is 1. The minimum absolute atomic E-state index is 0.139. The molecule has 0 spiro atoms. The maximum atomic E-state index is 12.5. The minimum atomic E-state index is -0.992. The summed E-state index contributed by atoms with van der Waals surface area (Å²) >= 11 is 6.15. The second-order valence-corrected chi connectivity index (χ2v) is 6.52. The van der Waals surface area contributed by atoms with E-state index >= 15 is 0 Å². The van der Waals surface area contributed by atoms with Crippen LogP contribution < -0.4 is 0 Å². The molecule has 1 aliphatic rings. The molecule has 5 heteroatoms. The van der Waals surface area contributed by atoms with Crippen molar-refractivity contribution >= 4 is 29.1 Å². The lowest BCUT2D eigenvalue weighted by Gasteiger charge is -2.12. The van der Waals surface area contributed by atoms with Gasteiger partial charge in [-0.05, 0) is 24.5 Å². The van der Waals surface area contributed by atoms with Gasteiger partial charge in [-0.3, -0.25) is 19.5 Å². The number of benzene rings is 2. The van der Waals surface area contributed by atoms with Crippen molar-refractivity contribution in [1.29, 1.82) is 0 Å². The van der Waals surface area contributed by atoms with Crippen LogP contribution >= 0.6 is 11.6 Å². The summed E-state index contributed by atoms with van der Waals surface area (Å²) in [6.45, 7) is 2.66. The van der Waals surface area contributed by atoms with Gasteiger partial charge in [0.25, 0.3) is 11.8 Å². The number of carbonyl (C=O) groups is 2. The van der Waals surface area contributed by atoms with E-state index in [0.717, 1.165) is 16.7 Å². The first kappa shape index (κ1) is 17.4. The van der Waals surface area contributed by atoms with Gasteiger partial charge in [0.1, 0.15) is 5.71 Å². The fraction of sp³-hybridized carbons (Fsp3) is 0.250. The first-order valence-corrected chi connectivity index (χ1v) is 8.63. The van der Waals surface area contributed by atoms with Gasteiger partial charge in [0.05, 0.1) is 6.54 Å². The van der Waals surface area contributed by atoms with E-state index in [1.165, 1.54) is 4.90 Å². The van der Waals surface area contributed by atoms with Crippen molar-refractivity contribution in [2.45, 2.75) is 25.3 Å². The van der Waals surface area contributed by atoms with Gasteiger partial charge in [0.15, 0.2) is 5.38 Å². The SMILES string of the molecule is Cc1ccc(CN=C2C(=O)N(CCc3ccccc3)C(=O)C2Cl)cc1. The maximum absolute atomic E-state index is 12.5. The quantitative estimate of drug-likeness (QED) is 0.611. The third-order valence-electron chi connectivity index (χ3n) is 4.21. The van der Waals surface area contributed by atoms with Gasteiger partial charge in [-0.25, -0.2) is 0 Å². The highest BCUT2D eigenvalue weighted by Crippen LogP contribution is 2.18. The standard InChI is InChI=1S/C20H19ClN2O2/c1-14-7-9-16(10-8-14)13-22-18-17(21)19(24)23(20(18)25)12-11-15-5-3-2-4-6-15/h2-10,17H,11-13H2,1H3. The molecule has 0 bridgehead atoms. The van der Waals surface area contributed by atoms with Gasteiger partial charge in [-0.15, -0.1) is 11.6 Å². The Balaban J connectivity index is 1.69. The molecule has 2 aromatic carbocycles. The fourth-order valence-corrected chi connectivity index (χ4v) is 3.00. The van der Waals surface area contributed by atoms with Gasteiger partial charge >= 0.3 is 0 Å². The van der Waals surface area contributed by atoms with E-state index in [4.69, 9.17) is 11.6 Å². The number of carbonyl (C=O) groups excluding carboxylic acids is 2. The molecule has 3 rings (SSSR count). The second kappa shape index (κ2) is 7.62. The molecule has 1 saturated heterocycles. The van der Waals surface area contributed by atoms with Gasteiger partial charge in [0, 0.05) is 6.54 Å². The van der Waals surface area contributed by atoms with Gasteiger partial charge in [0.2, 0.25) is 0 Å². The topological polar surface area (TPSA) is 49.7 Å². The Morgan fingerprint density at radius 2 is 1.68 bits per heavy atom. The molecule has 1 heterocycles. The van der Waals surface area contributed by atoms with Crippen molar-refractivity contribution in [3.8, 4) is 0 Å². The number of nitrogens with zero attached hydrogens (tertiary/aromatic N) is 2. The van der Waals surface area contributed by atoms with Crippen LogP contribution in [0.1, 0.15) is 16.7 Å². The fourth-order valence-electron chi connectivity index (χ4n) is 2.72. The zero-order valence-electron chi connectivity index (χ0n) is 14.0. The van der Waals surface area contributed by atoms with E-state index in [0.29, 0.717) is 19.5 Å². The third-order valence-corrected chi connectivity index (χ3v) is 4.60. The molecular formula is C20H19ClN2O2. The summed E-state index contributed by atoms with van der Waals surface area (Å²) < 4.78 is 0. The number of amides is 2. The van der Waals surface area contributed by atoms with Crippen molar-refractivity contribution < 1.29 is 9.59 Å². The highest BCUT2D eigenvalue weighted by atomic mass is 35.5. The van der Waals surface area contributed by atoms with E-state index < -0.39 is 5.38 Å². The molecular weight excluding hydrogens is 336 g/mol. The van der Waals surface area contributed by atoms with Gasteiger partial charge in [-0.1, -0.05) is 60.2 Å². The summed E-state index contributed by atoms with van der Waals surface area (Å²) in [5.74, 6) is -0.765. The number of hydrogen-bond donors (Lipinski definition) is 0. The maximum Gasteiger partial charge on any atom is 0.276 e. The van der Waals surface area contributed by atoms with E-state index in [2.05, 4.69) is 4.99 Å². The van der Waals surface area contributed by atoms with Crippen molar-refractivity contribution in [1.82, 2.24) is 4.90 Å². The van der Waals surface area contributed by atoms with Crippen LogP contribution in [0.25, 0.3) is 0 Å². The zero-order chi connectivity index (χ0) is 17.8. The molecule has 0 aliphatic carbocycles. The predicted octanol–water partition coefficient (Wildman–Crippen LogP) is 3.15. The molecule has 25 heavy (non-hydrogen) atoms. The molecule has 0 radical (unpaired) electrons. The van der Waals surface area contributed by atoms with Crippen molar-refractivity contribution in [3.63, 3.8) is 0 Å². The Morgan fingerprint density at radius 1 is 1.00 bits per heavy atom. The smallest absolute Gasteiger partial charge is 0.276 e. The minimum Gasteiger partial charge on any atom is -0.277 e. The molecule has 1 aliphatic heterocycles. The molecule has 0 N–H and O–H groups in total. The number of likely N-dealkylation sites (tertiary alicyclic amines) is 1. The van der Waals surface area contributed by atoms with Crippen molar-refractivity contribution in [2.24, 2.45) is 4.99 Å². The number of hydrogen-bond acceptors (Lipinski definition) is 3. The number of aryl methyl sites for hydroxylation is 1. The Hall–Kier alpha value is -2.46. The molecule has 128 valence electrons. The molecule has 2 aromatic rings. The number of aliphatic imine (C=N–C) groups is 1. The van der Waals surface area contributed by atoms with Crippen LogP contribution in [0.2, 0.25) is 0 Å². The van der Waals surface area contributed by atoms with Crippen molar-refractivity contribution in [2.75, 3.05) is 6.54 Å². The summed E-state index contributed by atoms with van der Waals surface area (Å²) in [6, 6.07) is 17.6. The molecule has 2 amide bonds. The molecule has 1 fully saturated rings. The predicted molar refractivity (Wildman–Crippen MR) is 98.8 cm³/mol. The van der Waals surface area contributed by atoms with E-state index in [1.807, 2.05) is 61.5 Å². The summed E-state index contributed by atoms with van der Waals surface area (Å²) in [5, 5.41) is -0.992. The Kier molecular flexibility index (Phi) is 5.29. The summed E-state index contributed by atoms with van der Waals surface area (Å²) in [4.78, 5) is 30.3. The summed E-state index contributed by atoms with van der Waals surface area (Å²) in [7, 11) is 0. The number of imide groups is 1. The lowest BCUT2D eigenvalue weighted by Crippen LogP contribution is -2.33. The Bertz CT molecular complexity index is 800. The van der Waals surface area contributed by atoms with Crippen LogP contribution in [0, 0.1) is 6.92 Å². The van der Waals surface area contributed by atoms with Crippen LogP contribution in [0.3, 0.4) is 0 Å². The molecule has 4 nitrogen and oxygen atoms in total. The Morgan fingerprint density at radius 3 is 2.36 bits per heavy atom. The van der Waals surface area contributed by atoms with Crippen LogP contribution in [-0.2, 0) is 22.6 Å². The monoisotopic (exact) mass is 354 g/mol. The van der Waals surface area contributed by atoms with Crippen LogP contribution in [-0.4, -0.2) is 34.3 Å². The zero-order valence-corrected chi connectivity index (χ0v) is 14.7.